The fourth-order valence-corrected chi connectivity index (χ4v) is 3.38. The standard InChI is InChI=1S/C13H23N5OS/c1-4-15-13-17-11(14)10(20-13)12(19)16-9-5-6-18(3)7-8(9)2/h8-9H,4-7,14H2,1-3H3,(H,15,17)(H,16,19). The molecule has 20 heavy (non-hydrogen) atoms. The Morgan fingerprint density at radius 3 is 3.00 bits per heavy atom. The summed E-state index contributed by atoms with van der Waals surface area (Å²) in [6.45, 7) is 6.93. The van der Waals surface area contributed by atoms with Crippen LogP contribution < -0.4 is 16.4 Å². The van der Waals surface area contributed by atoms with Gasteiger partial charge in [0, 0.05) is 19.1 Å². The largest absolute Gasteiger partial charge is 0.382 e. The highest BCUT2D eigenvalue weighted by molar-refractivity contribution is 7.18. The molecule has 1 saturated heterocycles. The summed E-state index contributed by atoms with van der Waals surface area (Å²) in [7, 11) is 2.11. The van der Waals surface area contributed by atoms with Crippen LogP contribution in [0.25, 0.3) is 0 Å². The van der Waals surface area contributed by atoms with Gasteiger partial charge in [0.25, 0.3) is 5.91 Å². The zero-order valence-corrected chi connectivity index (χ0v) is 13.1. The van der Waals surface area contributed by atoms with Crippen LogP contribution in [-0.4, -0.2) is 48.5 Å². The summed E-state index contributed by atoms with van der Waals surface area (Å²) in [5, 5.41) is 6.88. The lowest BCUT2D eigenvalue weighted by Gasteiger charge is -2.35. The molecule has 0 aromatic carbocycles. The number of piperidine rings is 1. The molecule has 1 aliphatic heterocycles. The van der Waals surface area contributed by atoms with Gasteiger partial charge in [0.1, 0.15) is 10.7 Å². The molecular weight excluding hydrogens is 274 g/mol. The number of nitrogens with one attached hydrogen (secondary N) is 2. The van der Waals surface area contributed by atoms with Crippen molar-refractivity contribution in [2.24, 2.45) is 5.92 Å². The number of carbonyl (C=O) groups excluding carboxylic acids is 1. The minimum atomic E-state index is -0.106. The number of amides is 1. The molecule has 2 rings (SSSR count). The van der Waals surface area contributed by atoms with Gasteiger partial charge in [-0.25, -0.2) is 4.98 Å². The smallest absolute Gasteiger partial charge is 0.265 e. The number of nitrogen functional groups attached to an aromatic ring is 1. The Hall–Kier alpha value is -1.34. The summed E-state index contributed by atoms with van der Waals surface area (Å²) in [4.78, 5) is 19.3. The summed E-state index contributed by atoms with van der Waals surface area (Å²) in [6.07, 6.45) is 0.974. The highest BCUT2D eigenvalue weighted by Gasteiger charge is 2.27. The number of nitrogens with zero attached hydrogens (tertiary/aromatic N) is 2. The number of hydrogen-bond donors (Lipinski definition) is 3. The molecule has 1 aliphatic rings. The van der Waals surface area contributed by atoms with E-state index >= 15 is 0 Å². The van der Waals surface area contributed by atoms with Gasteiger partial charge in [0.05, 0.1) is 0 Å². The molecule has 0 spiro atoms. The Morgan fingerprint density at radius 1 is 1.60 bits per heavy atom. The molecule has 2 heterocycles. The van der Waals surface area contributed by atoms with Crippen molar-refractivity contribution in [3.63, 3.8) is 0 Å². The Kier molecular flexibility index (Phi) is 4.82. The quantitative estimate of drug-likeness (QED) is 0.778. The van der Waals surface area contributed by atoms with Crippen LogP contribution in [0.4, 0.5) is 10.9 Å². The maximum absolute atomic E-state index is 12.3. The highest BCUT2D eigenvalue weighted by atomic mass is 32.1. The predicted octanol–water partition coefficient (Wildman–Crippen LogP) is 1.23. The molecule has 1 fully saturated rings. The third-order valence-electron chi connectivity index (χ3n) is 3.61. The van der Waals surface area contributed by atoms with Crippen LogP contribution in [-0.2, 0) is 0 Å². The number of rotatable bonds is 4. The molecule has 0 bridgehead atoms. The number of thiazole rings is 1. The minimum absolute atomic E-state index is 0.106. The number of carbonyl (C=O) groups is 1. The van der Waals surface area contributed by atoms with Gasteiger partial charge in [-0.15, -0.1) is 0 Å². The van der Waals surface area contributed by atoms with Crippen molar-refractivity contribution < 1.29 is 4.79 Å². The molecule has 112 valence electrons. The van der Waals surface area contributed by atoms with E-state index in [1.165, 1.54) is 11.3 Å². The monoisotopic (exact) mass is 297 g/mol. The zero-order chi connectivity index (χ0) is 14.7. The van der Waals surface area contributed by atoms with Gasteiger partial charge >= 0.3 is 0 Å². The molecule has 0 aliphatic carbocycles. The number of aromatic nitrogens is 1. The van der Waals surface area contributed by atoms with E-state index in [-0.39, 0.29) is 11.9 Å². The Morgan fingerprint density at radius 2 is 2.35 bits per heavy atom. The first kappa shape index (κ1) is 15.1. The molecule has 0 radical (unpaired) electrons. The minimum Gasteiger partial charge on any atom is -0.382 e. The lowest BCUT2D eigenvalue weighted by Crippen LogP contribution is -2.48. The Balaban J connectivity index is 2.01. The third-order valence-corrected chi connectivity index (χ3v) is 4.64. The maximum atomic E-state index is 12.3. The van der Waals surface area contributed by atoms with Crippen LogP contribution in [0.2, 0.25) is 0 Å². The summed E-state index contributed by atoms with van der Waals surface area (Å²) in [5.41, 5.74) is 5.82. The first-order valence-electron chi connectivity index (χ1n) is 7.00. The number of hydrogen-bond acceptors (Lipinski definition) is 6. The van der Waals surface area contributed by atoms with Gasteiger partial charge in [0.2, 0.25) is 0 Å². The summed E-state index contributed by atoms with van der Waals surface area (Å²) in [6, 6.07) is 0.211. The van der Waals surface area contributed by atoms with Gasteiger partial charge in [-0.3, -0.25) is 4.79 Å². The molecule has 1 aromatic heterocycles. The number of nitrogens with two attached hydrogens (primary N) is 1. The predicted molar refractivity (Wildman–Crippen MR) is 83.2 cm³/mol. The van der Waals surface area contributed by atoms with Crippen molar-refractivity contribution in [3.05, 3.63) is 4.88 Å². The van der Waals surface area contributed by atoms with E-state index in [2.05, 4.69) is 34.5 Å². The van der Waals surface area contributed by atoms with Crippen LogP contribution in [0.1, 0.15) is 29.9 Å². The van der Waals surface area contributed by atoms with Crippen LogP contribution in [0.5, 0.6) is 0 Å². The fraction of sp³-hybridized carbons (Fsp3) is 0.692. The van der Waals surface area contributed by atoms with Crippen molar-refractivity contribution in [3.8, 4) is 0 Å². The first-order valence-corrected chi connectivity index (χ1v) is 7.82. The van der Waals surface area contributed by atoms with Crippen LogP contribution >= 0.6 is 11.3 Å². The number of likely N-dealkylation sites (tertiary alicyclic amines) is 1. The Labute approximate surface area is 123 Å². The topological polar surface area (TPSA) is 83.3 Å². The molecule has 0 saturated carbocycles. The fourth-order valence-electron chi connectivity index (χ4n) is 2.52. The van der Waals surface area contributed by atoms with Crippen molar-refractivity contribution in [2.45, 2.75) is 26.3 Å². The van der Waals surface area contributed by atoms with Gasteiger partial charge in [-0.1, -0.05) is 18.3 Å². The zero-order valence-electron chi connectivity index (χ0n) is 12.3. The van der Waals surface area contributed by atoms with E-state index in [0.717, 1.165) is 26.1 Å². The van der Waals surface area contributed by atoms with E-state index in [0.29, 0.717) is 21.7 Å². The van der Waals surface area contributed by atoms with Crippen molar-refractivity contribution in [1.82, 2.24) is 15.2 Å². The Bertz CT molecular complexity index is 475. The van der Waals surface area contributed by atoms with Gasteiger partial charge in [-0.05, 0) is 32.9 Å². The average Bonchev–Trinajstić information content (AvgIpc) is 2.74. The van der Waals surface area contributed by atoms with Crippen LogP contribution in [0.15, 0.2) is 0 Å². The molecular formula is C13H23N5OS. The van der Waals surface area contributed by atoms with Crippen LogP contribution in [0, 0.1) is 5.92 Å². The second-order valence-electron chi connectivity index (χ2n) is 5.37. The van der Waals surface area contributed by atoms with Crippen molar-refractivity contribution >= 4 is 28.2 Å². The summed E-state index contributed by atoms with van der Waals surface area (Å²) in [5.74, 6) is 0.648. The second-order valence-corrected chi connectivity index (χ2v) is 6.37. The highest BCUT2D eigenvalue weighted by Crippen LogP contribution is 2.25. The molecule has 4 N–H and O–H groups in total. The van der Waals surface area contributed by atoms with E-state index in [1.807, 2.05) is 6.92 Å². The molecule has 2 atom stereocenters. The molecule has 1 aromatic rings. The van der Waals surface area contributed by atoms with E-state index in [4.69, 9.17) is 5.73 Å². The average molecular weight is 297 g/mol. The SMILES string of the molecule is CCNc1nc(N)c(C(=O)NC2CCN(C)CC2C)s1. The van der Waals surface area contributed by atoms with Gasteiger partial charge in [-0.2, -0.15) is 0 Å². The maximum Gasteiger partial charge on any atom is 0.265 e. The van der Waals surface area contributed by atoms with E-state index < -0.39 is 0 Å². The van der Waals surface area contributed by atoms with E-state index in [9.17, 15) is 4.79 Å². The van der Waals surface area contributed by atoms with E-state index in [1.54, 1.807) is 0 Å². The molecule has 2 unspecified atom stereocenters. The second kappa shape index (κ2) is 6.41. The molecule has 7 heteroatoms. The van der Waals surface area contributed by atoms with Crippen molar-refractivity contribution in [2.75, 3.05) is 37.7 Å². The normalized spacial score (nSPS) is 23.6. The summed E-state index contributed by atoms with van der Waals surface area (Å²) >= 11 is 1.31. The third kappa shape index (κ3) is 3.40. The number of anilines is 2. The lowest BCUT2D eigenvalue weighted by atomic mass is 9.94. The lowest BCUT2D eigenvalue weighted by molar-refractivity contribution is 0.0888. The van der Waals surface area contributed by atoms with Gasteiger partial charge < -0.3 is 21.3 Å². The molecule has 6 nitrogen and oxygen atoms in total. The van der Waals surface area contributed by atoms with Crippen LogP contribution in [0.3, 0.4) is 0 Å². The van der Waals surface area contributed by atoms with Crippen molar-refractivity contribution in [1.29, 1.82) is 0 Å². The summed E-state index contributed by atoms with van der Waals surface area (Å²) < 4.78 is 0. The molecule has 1 amide bonds. The first-order chi connectivity index (χ1) is 9.51. The van der Waals surface area contributed by atoms with Gasteiger partial charge in [0.15, 0.2) is 5.13 Å².